The molecule has 0 saturated heterocycles. The molecular weight excluding hydrogens is 242 g/mol. The molecule has 1 aromatic carbocycles. The molecule has 5 heteroatoms. The summed E-state index contributed by atoms with van der Waals surface area (Å²) in [5.74, 6) is 4.00. The fraction of sp³-hybridized carbons (Fsp3) is 0.167. The van der Waals surface area contributed by atoms with Gasteiger partial charge in [-0.15, -0.1) is 0 Å². The van der Waals surface area contributed by atoms with Gasteiger partial charge < -0.3 is 10.4 Å². The van der Waals surface area contributed by atoms with Gasteiger partial charge in [0, 0.05) is 12.5 Å². The third-order valence-corrected chi connectivity index (χ3v) is 2.19. The largest absolute Gasteiger partial charge is 0.478 e. The van der Waals surface area contributed by atoms with Crippen molar-refractivity contribution >= 4 is 23.5 Å². The molecule has 0 atom stereocenters. The number of carboxylic acids is 1. The highest BCUT2D eigenvalue weighted by Crippen LogP contribution is 2.19. The third kappa shape index (κ3) is 3.82. The predicted molar refractivity (Wildman–Crippen MR) is 64.0 cm³/mol. The van der Waals surface area contributed by atoms with Gasteiger partial charge in [0.1, 0.15) is 0 Å². The molecule has 0 aliphatic heterocycles. The Balaban J connectivity index is 2.94. The van der Waals surface area contributed by atoms with Crippen molar-refractivity contribution in [3.8, 4) is 11.8 Å². The van der Waals surface area contributed by atoms with Crippen molar-refractivity contribution in [3.05, 3.63) is 34.3 Å². The molecule has 0 aliphatic rings. The molecule has 1 amide bonds. The number of rotatable bonds is 2. The van der Waals surface area contributed by atoms with E-state index < -0.39 is 5.97 Å². The zero-order valence-electron chi connectivity index (χ0n) is 9.08. The van der Waals surface area contributed by atoms with Gasteiger partial charge in [-0.1, -0.05) is 29.5 Å². The van der Waals surface area contributed by atoms with Crippen LogP contribution >= 0.6 is 11.6 Å². The van der Waals surface area contributed by atoms with E-state index in [2.05, 4.69) is 17.2 Å². The van der Waals surface area contributed by atoms with Crippen LogP contribution in [0.2, 0.25) is 5.02 Å². The van der Waals surface area contributed by atoms with E-state index in [-0.39, 0.29) is 23.0 Å². The summed E-state index contributed by atoms with van der Waals surface area (Å²) >= 11 is 5.77. The Morgan fingerprint density at radius 3 is 2.76 bits per heavy atom. The Kier molecular flexibility index (Phi) is 4.56. The lowest BCUT2D eigenvalue weighted by Gasteiger charge is -2.01. The van der Waals surface area contributed by atoms with Gasteiger partial charge in [0.15, 0.2) is 0 Å². The molecule has 1 aromatic rings. The topological polar surface area (TPSA) is 66.4 Å². The Bertz CT molecular complexity index is 514. The zero-order chi connectivity index (χ0) is 12.8. The predicted octanol–water partition coefficient (Wildman–Crippen LogP) is 1.53. The molecule has 0 fully saturated rings. The number of hydrogen-bond acceptors (Lipinski definition) is 2. The molecule has 1 rings (SSSR count). The van der Waals surface area contributed by atoms with E-state index in [0.29, 0.717) is 5.56 Å². The van der Waals surface area contributed by atoms with Gasteiger partial charge in [0.2, 0.25) is 5.91 Å². The fourth-order valence-corrected chi connectivity index (χ4v) is 1.41. The number of halogens is 1. The average molecular weight is 252 g/mol. The average Bonchev–Trinajstić information content (AvgIpc) is 2.23. The summed E-state index contributed by atoms with van der Waals surface area (Å²) in [5, 5.41) is 11.6. The molecule has 0 radical (unpaired) electrons. The molecule has 4 nitrogen and oxygen atoms in total. The van der Waals surface area contributed by atoms with Crippen molar-refractivity contribution < 1.29 is 14.7 Å². The maximum Gasteiger partial charge on any atom is 0.338 e. The van der Waals surface area contributed by atoms with E-state index >= 15 is 0 Å². The Morgan fingerprint density at radius 1 is 1.47 bits per heavy atom. The van der Waals surface area contributed by atoms with Gasteiger partial charge in [0.05, 0.1) is 17.1 Å². The first-order chi connectivity index (χ1) is 8.02. The Morgan fingerprint density at radius 2 is 2.18 bits per heavy atom. The maximum absolute atomic E-state index is 11.0. The fourth-order valence-electron chi connectivity index (χ4n) is 1.15. The van der Waals surface area contributed by atoms with E-state index in [0.717, 1.165) is 0 Å². The number of aromatic carboxylic acids is 1. The van der Waals surface area contributed by atoms with Gasteiger partial charge >= 0.3 is 5.97 Å². The molecule has 0 bridgehead atoms. The van der Waals surface area contributed by atoms with Crippen LogP contribution in [0.3, 0.4) is 0 Å². The molecule has 17 heavy (non-hydrogen) atoms. The zero-order valence-corrected chi connectivity index (χ0v) is 9.84. The van der Waals surface area contributed by atoms with E-state index in [9.17, 15) is 9.59 Å². The van der Waals surface area contributed by atoms with Gasteiger partial charge in [0.25, 0.3) is 0 Å². The summed E-state index contributed by atoms with van der Waals surface area (Å²) in [6.07, 6.45) is 0. The minimum atomic E-state index is -1.13. The second-order valence-electron chi connectivity index (χ2n) is 3.18. The summed E-state index contributed by atoms with van der Waals surface area (Å²) in [6, 6.07) is 4.68. The van der Waals surface area contributed by atoms with E-state index in [1.165, 1.54) is 13.0 Å². The minimum absolute atomic E-state index is 0.0236. The molecule has 88 valence electrons. The van der Waals surface area contributed by atoms with E-state index in [1.54, 1.807) is 12.1 Å². The van der Waals surface area contributed by atoms with Crippen LogP contribution in [0.25, 0.3) is 0 Å². The molecule has 0 saturated carbocycles. The van der Waals surface area contributed by atoms with Crippen molar-refractivity contribution in [1.29, 1.82) is 0 Å². The molecule has 0 aliphatic carbocycles. The Hall–Kier alpha value is -1.99. The third-order valence-electron chi connectivity index (χ3n) is 1.88. The van der Waals surface area contributed by atoms with Gasteiger partial charge in [-0.05, 0) is 12.1 Å². The summed E-state index contributed by atoms with van der Waals surface area (Å²) in [4.78, 5) is 21.6. The van der Waals surface area contributed by atoms with Crippen molar-refractivity contribution in [2.24, 2.45) is 0 Å². The van der Waals surface area contributed by atoms with Crippen LogP contribution in [0.15, 0.2) is 18.2 Å². The van der Waals surface area contributed by atoms with Gasteiger partial charge in [-0.25, -0.2) is 4.79 Å². The van der Waals surface area contributed by atoms with Crippen LogP contribution in [0.5, 0.6) is 0 Å². The highest BCUT2D eigenvalue weighted by Gasteiger charge is 2.12. The van der Waals surface area contributed by atoms with E-state index in [1.807, 2.05) is 0 Å². The van der Waals surface area contributed by atoms with Crippen molar-refractivity contribution in [1.82, 2.24) is 5.32 Å². The number of amides is 1. The molecule has 0 heterocycles. The van der Waals surface area contributed by atoms with Crippen LogP contribution in [0, 0.1) is 11.8 Å². The lowest BCUT2D eigenvalue weighted by atomic mass is 10.1. The first-order valence-corrected chi connectivity index (χ1v) is 5.15. The number of hydrogen-bond donors (Lipinski definition) is 2. The first-order valence-electron chi connectivity index (χ1n) is 4.77. The van der Waals surface area contributed by atoms with Crippen LogP contribution < -0.4 is 5.32 Å². The normalized spacial score (nSPS) is 9.06. The van der Waals surface area contributed by atoms with Gasteiger partial charge in [-0.2, -0.15) is 0 Å². The number of carbonyl (C=O) groups excluding carboxylic acids is 1. The highest BCUT2D eigenvalue weighted by molar-refractivity contribution is 6.33. The number of carbonyl (C=O) groups is 2. The quantitative estimate of drug-likeness (QED) is 0.784. The highest BCUT2D eigenvalue weighted by atomic mass is 35.5. The molecule has 2 N–H and O–H groups in total. The van der Waals surface area contributed by atoms with Crippen molar-refractivity contribution in [2.75, 3.05) is 6.54 Å². The summed E-state index contributed by atoms with van der Waals surface area (Å²) in [6.45, 7) is 1.55. The SMILES string of the molecule is CC(=O)NCC#Cc1cccc(Cl)c1C(=O)O. The lowest BCUT2D eigenvalue weighted by molar-refractivity contribution is -0.118. The molecular formula is C12H10ClNO3. The van der Waals surface area contributed by atoms with Crippen LogP contribution in [-0.4, -0.2) is 23.5 Å². The van der Waals surface area contributed by atoms with Crippen molar-refractivity contribution in [2.45, 2.75) is 6.92 Å². The molecule has 0 unspecified atom stereocenters. The summed E-state index contributed by atoms with van der Waals surface area (Å²) in [5.41, 5.74) is 0.305. The lowest BCUT2D eigenvalue weighted by Crippen LogP contribution is -2.19. The monoisotopic (exact) mass is 251 g/mol. The first kappa shape index (κ1) is 13.1. The smallest absolute Gasteiger partial charge is 0.338 e. The molecule has 0 aromatic heterocycles. The van der Waals surface area contributed by atoms with E-state index in [4.69, 9.17) is 16.7 Å². The van der Waals surface area contributed by atoms with Crippen molar-refractivity contribution in [3.63, 3.8) is 0 Å². The summed E-state index contributed by atoms with van der Waals surface area (Å²) in [7, 11) is 0. The van der Waals surface area contributed by atoms with Gasteiger partial charge in [-0.3, -0.25) is 4.79 Å². The number of benzene rings is 1. The second kappa shape index (κ2) is 5.92. The maximum atomic E-state index is 11.0. The van der Waals surface area contributed by atoms with Crippen LogP contribution in [0.4, 0.5) is 0 Å². The molecule has 0 spiro atoms. The summed E-state index contributed by atoms with van der Waals surface area (Å²) < 4.78 is 0. The number of nitrogens with one attached hydrogen (secondary N) is 1. The number of carboxylic acid groups (broad SMARTS) is 1. The Labute approximate surface area is 104 Å². The van der Waals surface area contributed by atoms with Crippen LogP contribution in [0.1, 0.15) is 22.8 Å². The van der Waals surface area contributed by atoms with Crippen LogP contribution in [-0.2, 0) is 4.79 Å². The standard InChI is InChI=1S/C12H10ClNO3/c1-8(15)14-7-3-5-9-4-2-6-10(13)11(9)12(16)17/h2,4,6H,7H2,1H3,(H,14,15)(H,16,17). The minimum Gasteiger partial charge on any atom is -0.478 e. The second-order valence-corrected chi connectivity index (χ2v) is 3.59.